The number of ether oxygens (including phenoxy) is 3. The van der Waals surface area contributed by atoms with E-state index in [1.807, 2.05) is 30.5 Å². The van der Waals surface area contributed by atoms with Gasteiger partial charge in [0.2, 0.25) is 6.79 Å². The maximum atomic E-state index is 13.4. The smallest absolute Gasteiger partial charge is 0.260 e. The molecule has 3 heterocycles. The first kappa shape index (κ1) is 18.4. The van der Waals surface area contributed by atoms with E-state index in [1.165, 1.54) is 11.3 Å². The zero-order chi connectivity index (χ0) is 20.5. The highest BCUT2D eigenvalue weighted by Crippen LogP contribution is 2.35. The number of fused-ring (bicyclic) bond motifs is 2. The van der Waals surface area contributed by atoms with Crippen LogP contribution < -0.4 is 19.1 Å². The summed E-state index contributed by atoms with van der Waals surface area (Å²) in [5.74, 6) is 1.80. The second-order valence-electron chi connectivity index (χ2n) is 6.62. The van der Waals surface area contributed by atoms with Crippen molar-refractivity contribution in [2.45, 2.75) is 6.54 Å². The Labute approximate surface area is 176 Å². The number of hydrogen-bond acceptors (Lipinski definition) is 7. The Kier molecular flexibility index (Phi) is 4.72. The van der Waals surface area contributed by atoms with Gasteiger partial charge in [0.05, 0.1) is 23.9 Å². The fourth-order valence-corrected chi connectivity index (χ4v) is 4.26. The van der Waals surface area contributed by atoms with E-state index in [1.54, 1.807) is 41.1 Å². The zero-order valence-electron chi connectivity index (χ0n) is 16.1. The Morgan fingerprint density at radius 1 is 1.23 bits per heavy atom. The van der Waals surface area contributed by atoms with Crippen LogP contribution >= 0.6 is 11.3 Å². The van der Waals surface area contributed by atoms with Crippen LogP contribution in [0.1, 0.15) is 10.4 Å². The van der Waals surface area contributed by atoms with E-state index in [9.17, 15) is 4.79 Å². The molecule has 0 unspecified atom stereocenters. The molecule has 4 aromatic rings. The third-order valence-electron chi connectivity index (χ3n) is 4.79. The van der Waals surface area contributed by atoms with Crippen molar-refractivity contribution in [1.82, 2.24) is 14.8 Å². The molecule has 2 aromatic carbocycles. The highest BCUT2D eigenvalue weighted by molar-refractivity contribution is 7.22. The molecule has 5 rings (SSSR count). The van der Waals surface area contributed by atoms with Crippen molar-refractivity contribution in [1.29, 1.82) is 0 Å². The standard InChI is InChI=1S/C21H18N4O4S/c1-27-15-4-5-16-19(12-15)30-21(23-16)25(10-9-24-8-2-7-22-24)20(26)14-3-6-17-18(11-14)29-13-28-17/h2-8,11-12H,9-10,13H2,1H3. The number of anilines is 1. The summed E-state index contributed by atoms with van der Waals surface area (Å²) >= 11 is 1.45. The van der Waals surface area contributed by atoms with Crippen molar-refractivity contribution < 1.29 is 19.0 Å². The molecule has 30 heavy (non-hydrogen) atoms. The average molecular weight is 422 g/mol. The number of nitrogens with zero attached hydrogens (tertiary/aromatic N) is 4. The van der Waals surface area contributed by atoms with E-state index in [4.69, 9.17) is 14.2 Å². The summed E-state index contributed by atoms with van der Waals surface area (Å²) in [5.41, 5.74) is 1.33. The molecule has 0 radical (unpaired) electrons. The molecule has 1 aliphatic heterocycles. The zero-order valence-corrected chi connectivity index (χ0v) is 17.0. The largest absolute Gasteiger partial charge is 0.497 e. The van der Waals surface area contributed by atoms with E-state index >= 15 is 0 Å². The fraction of sp³-hybridized carbons (Fsp3) is 0.190. The SMILES string of the molecule is COc1ccc2nc(N(CCn3cccn3)C(=O)c3ccc4c(c3)OCO4)sc2c1. The fourth-order valence-electron chi connectivity index (χ4n) is 3.24. The van der Waals surface area contributed by atoms with E-state index in [0.29, 0.717) is 35.3 Å². The van der Waals surface area contributed by atoms with Crippen molar-refractivity contribution in [3.63, 3.8) is 0 Å². The molecule has 0 atom stereocenters. The second-order valence-corrected chi connectivity index (χ2v) is 7.63. The monoisotopic (exact) mass is 422 g/mol. The van der Waals surface area contributed by atoms with Crippen molar-refractivity contribution in [2.75, 3.05) is 25.3 Å². The van der Waals surface area contributed by atoms with Gasteiger partial charge in [-0.3, -0.25) is 14.4 Å². The summed E-state index contributed by atoms with van der Waals surface area (Å²) in [7, 11) is 1.63. The number of benzene rings is 2. The number of hydrogen-bond donors (Lipinski definition) is 0. The molecule has 1 amide bonds. The molecular weight excluding hydrogens is 404 g/mol. The van der Waals surface area contributed by atoms with Crippen LogP contribution in [-0.2, 0) is 6.54 Å². The quantitative estimate of drug-likeness (QED) is 0.473. The molecule has 0 N–H and O–H groups in total. The highest BCUT2D eigenvalue weighted by Gasteiger charge is 2.24. The van der Waals surface area contributed by atoms with Gasteiger partial charge in [0, 0.05) is 24.5 Å². The highest BCUT2D eigenvalue weighted by atomic mass is 32.1. The Balaban J connectivity index is 1.50. The molecule has 2 aromatic heterocycles. The van der Waals surface area contributed by atoms with E-state index in [-0.39, 0.29) is 12.7 Å². The molecule has 0 bridgehead atoms. The maximum absolute atomic E-state index is 13.4. The average Bonchev–Trinajstić information content (AvgIpc) is 3.52. The number of amides is 1. The first-order chi connectivity index (χ1) is 14.7. The summed E-state index contributed by atoms with van der Waals surface area (Å²) in [4.78, 5) is 19.8. The van der Waals surface area contributed by atoms with Crippen LogP contribution in [-0.4, -0.2) is 41.1 Å². The predicted octanol–water partition coefficient (Wildman–Crippen LogP) is 3.58. The van der Waals surface area contributed by atoms with Gasteiger partial charge in [-0.05, 0) is 42.5 Å². The number of carbonyl (C=O) groups excluding carboxylic acids is 1. The van der Waals surface area contributed by atoms with Gasteiger partial charge in [-0.15, -0.1) is 0 Å². The number of aromatic nitrogens is 3. The number of methoxy groups -OCH3 is 1. The van der Waals surface area contributed by atoms with Crippen LogP contribution in [0.4, 0.5) is 5.13 Å². The van der Waals surface area contributed by atoms with Crippen molar-refractivity contribution in [2.24, 2.45) is 0 Å². The minimum atomic E-state index is -0.161. The molecule has 9 heteroatoms. The van der Waals surface area contributed by atoms with Crippen LogP contribution in [0.25, 0.3) is 10.2 Å². The molecule has 0 saturated carbocycles. The third-order valence-corrected chi connectivity index (χ3v) is 5.83. The van der Waals surface area contributed by atoms with Gasteiger partial charge in [0.1, 0.15) is 5.75 Å². The first-order valence-electron chi connectivity index (χ1n) is 9.35. The summed E-state index contributed by atoms with van der Waals surface area (Å²) < 4.78 is 18.8. The molecule has 152 valence electrons. The van der Waals surface area contributed by atoms with Crippen LogP contribution in [0.15, 0.2) is 54.9 Å². The lowest BCUT2D eigenvalue weighted by molar-refractivity contribution is 0.0985. The van der Waals surface area contributed by atoms with Gasteiger partial charge in [-0.2, -0.15) is 5.10 Å². The Hall–Kier alpha value is -3.59. The van der Waals surface area contributed by atoms with Gasteiger partial charge >= 0.3 is 0 Å². The molecule has 0 aliphatic carbocycles. The number of carbonyl (C=O) groups is 1. The summed E-state index contributed by atoms with van der Waals surface area (Å²) in [6.45, 7) is 1.13. The molecule has 1 aliphatic rings. The second kappa shape index (κ2) is 7.68. The van der Waals surface area contributed by atoms with E-state index < -0.39 is 0 Å². The molecule has 0 saturated heterocycles. The van der Waals surface area contributed by atoms with E-state index in [2.05, 4.69) is 10.1 Å². The summed E-state index contributed by atoms with van der Waals surface area (Å²) in [6.07, 6.45) is 3.58. The van der Waals surface area contributed by atoms with Crippen molar-refractivity contribution >= 4 is 32.6 Å². The molecular formula is C21H18N4O4S. The van der Waals surface area contributed by atoms with Gasteiger partial charge in [-0.25, -0.2) is 4.98 Å². The summed E-state index contributed by atoms with van der Waals surface area (Å²) in [6, 6.07) is 12.7. The lowest BCUT2D eigenvalue weighted by atomic mass is 10.2. The molecule has 0 spiro atoms. The number of thiazole rings is 1. The van der Waals surface area contributed by atoms with Crippen LogP contribution in [0, 0.1) is 0 Å². The van der Waals surface area contributed by atoms with Crippen molar-refractivity contribution in [3.05, 3.63) is 60.4 Å². The predicted molar refractivity (Wildman–Crippen MR) is 113 cm³/mol. The first-order valence-corrected chi connectivity index (χ1v) is 10.2. The van der Waals surface area contributed by atoms with Crippen LogP contribution in [0.5, 0.6) is 17.2 Å². The minimum absolute atomic E-state index is 0.161. The van der Waals surface area contributed by atoms with Crippen molar-refractivity contribution in [3.8, 4) is 17.2 Å². The molecule has 0 fully saturated rings. The van der Waals surface area contributed by atoms with Gasteiger partial charge in [-0.1, -0.05) is 11.3 Å². The minimum Gasteiger partial charge on any atom is -0.497 e. The van der Waals surface area contributed by atoms with E-state index in [0.717, 1.165) is 16.0 Å². The normalized spacial score (nSPS) is 12.3. The lowest BCUT2D eigenvalue weighted by Gasteiger charge is -2.20. The van der Waals surface area contributed by atoms with Gasteiger partial charge in [0.15, 0.2) is 16.6 Å². The summed E-state index contributed by atoms with van der Waals surface area (Å²) in [5, 5.41) is 4.85. The molecule has 8 nitrogen and oxygen atoms in total. The maximum Gasteiger partial charge on any atom is 0.260 e. The Morgan fingerprint density at radius 2 is 2.13 bits per heavy atom. The Morgan fingerprint density at radius 3 is 2.97 bits per heavy atom. The number of rotatable bonds is 6. The van der Waals surface area contributed by atoms with Crippen LogP contribution in [0.2, 0.25) is 0 Å². The van der Waals surface area contributed by atoms with Crippen LogP contribution in [0.3, 0.4) is 0 Å². The Bertz CT molecular complexity index is 1210. The van der Waals surface area contributed by atoms with Gasteiger partial charge in [0.25, 0.3) is 5.91 Å². The topological polar surface area (TPSA) is 78.7 Å². The third kappa shape index (κ3) is 3.43. The van der Waals surface area contributed by atoms with Gasteiger partial charge < -0.3 is 14.2 Å². The lowest BCUT2D eigenvalue weighted by Crippen LogP contribution is -2.34.